The van der Waals surface area contributed by atoms with Crippen LogP contribution >= 0.6 is 0 Å². The molecule has 0 bridgehead atoms. The molecule has 0 fully saturated rings. The van der Waals surface area contributed by atoms with Gasteiger partial charge in [0.05, 0.1) is 14.2 Å². The first-order valence-electron chi connectivity index (χ1n) is 7.26. The van der Waals surface area contributed by atoms with E-state index in [0.29, 0.717) is 0 Å². The van der Waals surface area contributed by atoms with E-state index < -0.39 is 0 Å². The molecule has 2 nitrogen and oxygen atoms in total. The second-order valence-electron chi connectivity index (χ2n) is 5.28. The molecule has 0 spiro atoms. The van der Waals surface area contributed by atoms with Crippen LogP contribution in [0.4, 0.5) is 0 Å². The highest BCUT2D eigenvalue weighted by Gasteiger charge is 2.12. The zero-order chi connectivity index (χ0) is 15.0. The molecular formula is C19H20O2. The Kier molecular flexibility index (Phi) is 3.46. The summed E-state index contributed by atoms with van der Waals surface area (Å²) in [6, 6.07) is 12.6. The molecular weight excluding hydrogens is 260 g/mol. The summed E-state index contributed by atoms with van der Waals surface area (Å²) in [5.74, 6) is 1.77. The Bertz CT molecular complexity index is 819. The fraction of sp³-hybridized carbons (Fsp3) is 0.263. The molecule has 0 aliphatic carbocycles. The summed E-state index contributed by atoms with van der Waals surface area (Å²) in [5, 5.41) is 5.04. The smallest absolute Gasteiger partial charge is 0.119 e. The minimum Gasteiger partial charge on any atom is -0.497 e. The second-order valence-corrected chi connectivity index (χ2v) is 5.28. The molecule has 0 saturated carbocycles. The standard InChI is InChI=1S/C19H20O2/c1-5-15-12(2)16-8-6-13(20-3)10-18(16)19-11-14(21-4)7-9-17(15)19/h6-11H,5H2,1-4H3. The summed E-state index contributed by atoms with van der Waals surface area (Å²) in [6.07, 6.45) is 1.02. The maximum Gasteiger partial charge on any atom is 0.119 e. The van der Waals surface area contributed by atoms with Crippen molar-refractivity contribution in [3.05, 3.63) is 47.5 Å². The van der Waals surface area contributed by atoms with E-state index in [1.807, 2.05) is 12.1 Å². The molecule has 0 unspecified atom stereocenters. The molecule has 0 aliphatic heterocycles. The number of fused-ring (bicyclic) bond motifs is 3. The van der Waals surface area contributed by atoms with Crippen LogP contribution in [0, 0.1) is 6.92 Å². The van der Waals surface area contributed by atoms with Gasteiger partial charge in [0.2, 0.25) is 0 Å². The molecule has 3 rings (SSSR count). The number of hydrogen-bond acceptors (Lipinski definition) is 2. The Morgan fingerprint density at radius 1 is 0.762 bits per heavy atom. The summed E-state index contributed by atoms with van der Waals surface area (Å²) < 4.78 is 10.8. The minimum atomic E-state index is 0.885. The van der Waals surface area contributed by atoms with Crippen molar-refractivity contribution in [2.45, 2.75) is 20.3 Å². The Balaban J connectivity index is 2.52. The first kappa shape index (κ1) is 13.7. The molecule has 108 valence electrons. The Hall–Kier alpha value is -2.22. The van der Waals surface area contributed by atoms with Crippen molar-refractivity contribution in [3.63, 3.8) is 0 Å². The van der Waals surface area contributed by atoms with Crippen LogP contribution in [0.25, 0.3) is 21.5 Å². The van der Waals surface area contributed by atoms with Gasteiger partial charge in [-0.2, -0.15) is 0 Å². The fourth-order valence-electron chi connectivity index (χ4n) is 3.16. The predicted octanol–water partition coefficient (Wildman–Crippen LogP) is 4.88. The van der Waals surface area contributed by atoms with Gasteiger partial charge >= 0.3 is 0 Å². The van der Waals surface area contributed by atoms with Crippen LogP contribution < -0.4 is 9.47 Å². The van der Waals surface area contributed by atoms with E-state index in [0.717, 1.165) is 17.9 Å². The number of hydrogen-bond donors (Lipinski definition) is 0. The normalized spacial score (nSPS) is 11.0. The number of rotatable bonds is 3. The maximum atomic E-state index is 5.40. The van der Waals surface area contributed by atoms with Crippen molar-refractivity contribution in [2.24, 2.45) is 0 Å². The Morgan fingerprint density at radius 2 is 1.29 bits per heavy atom. The van der Waals surface area contributed by atoms with Gasteiger partial charge in [0.1, 0.15) is 11.5 Å². The van der Waals surface area contributed by atoms with Gasteiger partial charge in [-0.1, -0.05) is 19.1 Å². The van der Waals surface area contributed by atoms with Crippen LogP contribution in [0.5, 0.6) is 11.5 Å². The van der Waals surface area contributed by atoms with Gasteiger partial charge in [-0.3, -0.25) is 0 Å². The van der Waals surface area contributed by atoms with Crippen LogP contribution in [0.3, 0.4) is 0 Å². The fourth-order valence-corrected chi connectivity index (χ4v) is 3.16. The predicted molar refractivity (Wildman–Crippen MR) is 88.7 cm³/mol. The molecule has 0 atom stereocenters. The van der Waals surface area contributed by atoms with E-state index in [4.69, 9.17) is 9.47 Å². The van der Waals surface area contributed by atoms with E-state index in [9.17, 15) is 0 Å². The van der Waals surface area contributed by atoms with Crippen molar-refractivity contribution in [3.8, 4) is 11.5 Å². The maximum absolute atomic E-state index is 5.40. The molecule has 2 heteroatoms. The summed E-state index contributed by atoms with van der Waals surface area (Å²) in [5.41, 5.74) is 2.76. The monoisotopic (exact) mass is 280 g/mol. The molecule has 0 aliphatic rings. The molecule has 21 heavy (non-hydrogen) atoms. The van der Waals surface area contributed by atoms with Gasteiger partial charge < -0.3 is 9.47 Å². The van der Waals surface area contributed by atoms with Crippen molar-refractivity contribution >= 4 is 21.5 Å². The first-order chi connectivity index (χ1) is 10.2. The Morgan fingerprint density at radius 3 is 1.81 bits per heavy atom. The minimum absolute atomic E-state index is 0.885. The quantitative estimate of drug-likeness (QED) is 0.636. The molecule has 0 amide bonds. The lowest BCUT2D eigenvalue weighted by Gasteiger charge is -2.15. The lowest BCUT2D eigenvalue weighted by Crippen LogP contribution is -1.94. The number of ether oxygens (including phenoxy) is 2. The number of methoxy groups -OCH3 is 2. The molecule has 3 aromatic carbocycles. The van der Waals surface area contributed by atoms with Crippen LogP contribution in [0.1, 0.15) is 18.1 Å². The third-order valence-electron chi connectivity index (χ3n) is 4.28. The molecule has 0 heterocycles. The van der Waals surface area contributed by atoms with E-state index >= 15 is 0 Å². The molecule has 0 aromatic heterocycles. The highest BCUT2D eigenvalue weighted by Crippen LogP contribution is 2.36. The van der Waals surface area contributed by atoms with Crippen molar-refractivity contribution in [1.29, 1.82) is 0 Å². The molecule has 0 N–H and O–H groups in total. The average Bonchev–Trinajstić information content (AvgIpc) is 2.54. The molecule has 0 saturated heterocycles. The van der Waals surface area contributed by atoms with Crippen LogP contribution in [-0.2, 0) is 6.42 Å². The van der Waals surface area contributed by atoms with E-state index in [-0.39, 0.29) is 0 Å². The van der Waals surface area contributed by atoms with Gasteiger partial charge in [0.15, 0.2) is 0 Å². The SMILES string of the molecule is CCc1c(C)c2ccc(OC)cc2c2cc(OC)ccc12. The van der Waals surface area contributed by atoms with Gasteiger partial charge in [-0.05, 0) is 70.3 Å². The third-order valence-corrected chi connectivity index (χ3v) is 4.28. The zero-order valence-corrected chi connectivity index (χ0v) is 13.0. The summed E-state index contributed by atoms with van der Waals surface area (Å²) in [4.78, 5) is 0. The third kappa shape index (κ3) is 2.11. The highest BCUT2D eigenvalue weighted by atomic mass is 16.5. The van der Waals surface area contributed by atoms with Crippen molar-refractivity contribution in [1.82, 2.24) is 0 Å². The zero-order valence-electron chi connectivity index (χ0n) is 13.0. The topological polar surface area (TPSA) is 18.5 Å². The van der Waals surface area contributed by atoms with E-state index in [1.165, 1.54) is 32.7 Å². The molecule has 0 radical (unpaired) electrons. The summed E-state index contributed by atoms with van der Waals surface area (Å²) in [6.45, 7) is 4.42. The summed E-state index contributed by atoms with van der Waals surface area (Å²) in [7, 11) is 3.41. The van der Waals surface area contributed by atoms with Crippen LogP contribution in [0.2, 0.25) is 0 Å². The lowest BCUT2D eigenvalue weighted by atomic mass is 9.91. The van der Waals surface area contributed by atoms with Gasteiger partial charge in [-0.25, -0.2) is 0 Å². The van der Waals surface area contributed by atoms with E-state index in [1.54, 1.807) is 14.2 Å². The van der Waals surface area contributed by atoms with Crippen molar-refractivity contribution in [2.75, 3.05) is 14.2 Å². The van der Waals surface area contributed by atoms with E-state index in [2.05, 4.69) is 38.1 Å². The number of benzene rings is 3. The number of aryl methyl sites for hydroxylation is 2. The van der Waals surface area contributed by atoms with Crippen LogP contribution in [0.15, 0.2) is 36.4 Å². The lowest BCUT2D eigenvalue weighted by molar-refractivity contribution is 0.415. The first-order valence-corrected chi connectivity index (χ1v) is 7.26. The second kappa shape index (κ2) is 5.28. The van der Waals surface area contributed by atoms with Crippen molar-refractivity contribution < 1.29 is 9.47 Å². The van der Waals surface area contributed by atoms with Crippen LogP contribution in [-0.4, -0.2) is 14.2 Å². The van der Waals surface area contributed by atoms with Gasteiger partial charge in [0, 0.05) is 0 Å². The largest absolute Gasteiger partial charge is 0.497 e. The highest BCUT2D eigenvalue weighted by molar-refractivity contribution is 6.11. The average molecular weight is 280 g/mol. The van der Waals surface area contributed by atoms with Gasteiger partial charge in [0.25, 0.3) is 0 Å². The van der Waals surface area contributed by atoms with Gasteiger partial charge in [-0.15, -0.1) is 0 Å². The Labute approximate surface area is 125 Å². The summed E-state index contributed by atoms with van der Waals surface area (Å²) >= 11 is 0. The molecule has 3 aromatic rings.